The summed E-state index contributed by atoms with van der Waals surface area (Å²) in [7, 11) is 0. The lowest BCUT2D eigenvalue weighted by Crippen LogP contribution is -2.42. The van der Waals surface area contributed by atoms with Crippen molar-refractivity contribution in [2.75, 3.05) is 18.0 Å². The zero-order valence-corrected chi connectivity index (χ0v) is 9.45. The summed E-state index contributed by atoms with van der Waals surface area (Å²) >= 11 is 0. The molecule has 2 nitrogen and oxygen atoms in total. The maximum atomic E-state index is 5.98. The maximum Gasteiger partial charge on any atom is 0.0366 e. The van der Waals surface area contributed by atoms with Crippen LogP contribution in [-0.2, 0) is 6.42 Å². The molecule has 1 aliphatic heterocycles. The van der Waals surface area contributed by atoms with Gasteiger partial charge in [-0.05, 0) is 37.0 Å². The number of nitrogens with zero attached hydrogens (tertiary/aromatic N) is 1. The van der Waals surface area contributed by atoms with Crippen molar-refractivity contribution in [3.05, 3.63) is 29.8 Å². The molecule has 1 atom stereocenters. The van der Waals surface area contributed by atoms with E-state index in [1.807, 2.05) is 0 Å². The molecule has 1 aliphatic rings. The number of hydrogen-bond donors (Lipinski definition) is 1. The third-order valence-electron chi connectivity index (χ3n) is 3.17. The summed E-state index contributed by atoms with van der Waals surface area (Å²) in [6.45, 7) is 4.34. The summed E-state index contributed by atoms with van der Waals surface area (Å²) in [5, 5.41) is 0. The Balaban J connectivity index is 2.07. The number of nitrogens with two attached hydrogens (primary N) is 1. The van der Waals surface area contributed by atoms with Gasteiger partial charge in [0.05, 0.1) is 0 Å². The highest BCUT2D eigenvalue weighted by Crippen LogP contribution is 2.19. The largest absolute Gasteiger partial charge is 0.370 e. The molecule has 1 heterocycles. The molecule has 2 rings (SSSR count). The van der Waals surface area contributed by atoms with Gasteiger partial charge in [0.1, 0.15) is 0 Å². The van der Waals surface area contributed by atoms with Crippen molar-refractivity contribution in [3.8, 4) is 0 Å². The summed E-state index contributed by atoms with van der Waals surface area (Å²) in [5.74, 6) is 0. The van der Waals surface area contributed by atoms with Crippen LogP contribution in [0.4, 0.5) is 5.69 Å². The maximum absolute atomic E-state index is 5.98. The van der Waals surface area contributed by atoms with Gasteiger partial charge in [-0.1, -0.05) is 19.1 Å². The molecule has 0 aromatic heterocycles. The predicted molar refractivity (Wildman–Crippen MR) is 65.2 cm³/mol. The van der Waals surface area contributed by atoms with Gasteiger partial charge in [0.2, 0.25) is 0 Å². The SMILES string of the molecule is CCc1ccc(N2CCCC(N)C2)cc1. The van der Waals surface area contributed by atoms with Gasteiger partial charge in [-0.3, -0.25) is 0 Å². The first-order valence-corrected chi connectivity index (χ1v) is 5.89. The highest BCUT2D eigenvalue weighted by Gasteiger charge is 2.16. The van der Waals surface area contributed by atoms with Crippen molar-refractivity contribution in [3.63, 3.8) is 0 Å². The summed E-state index contributed by atoms with van der Waals surface area (Å²) in [4.78, 5) is 2.40. The molecule has 2 N–H and O–H groups in total. The van der Waals surface area contributed by atoms with Crippen molar-refractivity contribution in [1.82, 2.24) is 0 Å². The van der Waals surface area contributed by atoms with Crippen molar-refractivity contribution < 1.29 is 0 Å². The Bertz CT molecular complexity index is 305. The van der Waals surface area contributed by atoms with Crippen LogP contribution < -0.4 is 10.6 Å². The van der Waals surface area contributed by atoms with Gasteiger partial charge in [0.15, 0.2) is 0 Å². The first-order chi connectivity index (χ1) is 7.29. The van der Waals surface area contributed by atoms with Gasteiger partial charge in [0, 0.05) is 24.8 Å². The Morgan fingerprint density at radius 3 is 2.67 bits per heavy atom. The highest BCUT2D eigenvalue weighted by atomic mass is 15.1. The van der Waals surface area contributed by atoms with E-state index in [0.29, 0.717) is 6.04 Å². The molecular formula is C13H20N2. The molecule has 82 valence electrons. The molecule has 2 heteroatoms. The van der Waals surface area contributed by atoms with Gasteiger partial charge in [0.25, 0.3) is 0 Å². The molecule has 1 aromatic carbocycles. The normalized spacial score (nSPS) is 21.7. The van der Waals surface area contributed by atoms with Crippen LogP contribution in [0.3, 0.4) is 0 Å². The van der Waals surface area contributed by atoms with E-state index in [4.69, 9.17) is 5.73 Å². The van der Waals surface area contributed by atoms with Crippen LogP contribution >= 0.6 is 0 Å². The fraction of sp³-hybridized carbons (Fsp3) is 0.538. The fourth-order valence-corrected chi connectivity index (χ4v) is 2.19. The van der Waals surface area contributed by atoms with E-state index in [9.17, 15) is 0 Å². The molecule has 15 heavy (non-hydrogen) atoms. The first-order valence-electron chi connectivity index (χ1n) is 5.89. The summed E-state index contributed by atoms with van der Waals surface area (Å²) in [6, 6.07) is 9.23. The van der Waals surface area contributed by atoms with E-state index in [1.54, 1.807) is 0 Å². The molecule has 0 spiro atoms. The Hall–Kier alpha value is -1.02. The summed E-state index contributed by atoms with van der Waals surface area (Å²) < 4.78 is 0. The molecule has 0 radical (unpaired) electrons. The second-order valence-corrected chi connectivity index (χ2v) is 4.37. The van der Waals surface area contributed by atoms with E-state index >= 15 is 0 Å². The van der Waals surface area contributed by atoms with Crippen LogP contribution in [0, 0.1) is 0 Å². The van der Waals surface area contributed by atoms with Crippen LogP contribution in [0.1, 0.15) is 25.3 Å². The van der Waals surface area contributed by atoms with E-state index in [2.05, 4.69) is 36.1 Å². The van der Waals surface area contributed by atoms with Crippen molar-refractivity contribution in [2.24, 2.45) is 5.73 Å². The van der Waals surface area contributed by atoms with Gasteiger partial charge in [-0.25, -0.2) is 0 Å². The quantitative estimate of drug-likeness (QED) is 0.800. The second kappa shape index (κ2) is 4.67. The lowest BCUT2D eigenvalue weighted by molar-refractivity contribution is 0.506. The molecule has 1 aromatic rings. The van der Waals surface area contributed by atoms with Crippen LogP contribution in [0.2, 0.25) is 0 Å². The number of piperidine rings is 1. The van der Waals surface area contributed by atoms with Gasteiger partial charge in [-0.15, -0.1) is 0 Å². The molecule has 1 unspecified atom stereocenters. The van der Waals surface area contributed by atoms with Gasteiger partial charge in [-0.2, -0.15) is 0 Å². The zero-order chi connectivity index (χ0) is 10.7. The van der Waals surface area contributed by atoms with E-state index in [1.165, 1.54) is 24.1 Å². The van der Waals surface area contributed by atoms with Crippen LogP contribution in [-0.4, -0.2) is 19.1 Å². The minimum absolute atomic E-state index is 0.351. The van der Waals surface area contributed by atoms with Crippen molar-refractivity contribution >= 4 is 5.69 Å². The second-order valence-electron chi connectivity index (χ2n) is 4.37. The minimum atomic E-state index is 0.351. The van der Waals surface area contributed by atoms with Gasteiger partial charge >= 0.3 is 0 Å². The van der Waals surface area contributed by atoms with E-state index in [0.717, 1.165) is 19.5 Å². The topological polar surface area (TPSA) is 29.3 Å². The van der Waals surface area contributed by atoms with Crippen LogP contribution in [0.5, 0.6) is 0 Å². The summed E-state index contributed by atoms with van der Waals surface area (Å²) in [6.07, 6.45) is 3.50. The molecule has 0 bridgehead atoms. The Kier molecular flexibility index (Phi) is 3.27. The number of benzene rings is 1. The monoisotopic (exact) mass is 204 g/mol. The van der Waals surface area contributed by atoms with Crippen molar-refractivity contribution in [2.45, 2.75) is 32.2 Å². The standard InChI is InChI=1S/C13H20N2/c1-2-11-5-7-13(8-6-11)15-9-3-4-12(14)10-15/h5-8,12H,2-4,9-10,14H2,1H3. The molecule has 0 amide bonds. The Morgan fingerprint density at radius 1 is 1.33 bits per heavy atom. The first kappa shape index (κ1) is 10.5. The average Bonchev–Trinajstić information content (AvgIpc) is 2.29. The number of hydrogen-bond acceptors (Lipinski definition) is 2. The van der Waals surface area contributed by atoms with Crippen LogP contribution in [0.25, 0.3) is 0 Å². The highest BCUT2D eigenvalue weighted by molar-refractivity contribution is 5.48. The fourth-order valence-electron chi connectivity index (χ4n) is 2.19. The molecule has 1 saturated heterocycles. The van der Waals surface area contributed by atoms with E-state index in [-0.39, 0.29) is 0 Å². The van der Waals surface area contributed by atoms with E-state index < -0.39 is 0 Å². The number of anilines is 1. The molecule has 0 saturated carbocycles. The smallest absolute Gasteiger partial charge is 0.0366 e. The van der Waals surface area contributed by atoms with Crippen LogP contribution in [0.15, 0.2) is 24.3 Å². The van der Waals surface area contributed by atoms with Gasteiger partial charge < -0.3 is 10.6 Å². The number of rotatable bonds is 2. The Morgan fingerprint density at radius 2 is 2.07 bits per heavy atom. The molecule has 1 fully saturated rings. The lowest BCUT2D eigenvalue weighted by Gasteiger charge is -2.32. The third kappa shape index (κ3) is 2.51. The minimum Gasteiger partial charge on any atom is -0.370 e. The lowest BCUT2D eigenvalue weighted by atomic mass is 10.1. The zero-order valence-electron chi connectivity index (χ0n) is 9.45. The van der Waals surface area contributed by atoms with Crippen molar-refractivity contribution in [1.29, 1.82) is 0 Å². The summed E-state index contributed by atoms with van der Waals surface area (Å²) in [5.41, 5.74) is 8.70. The molecule has 0 aliphatic carbocycles. The Labute approximate surface area is 92.1 Å². The third-order valence-corrected chi connectivity index (χ3v) is 3.17. The predicted octanol–water partition coefficient (Wildman–Crippen LogP) is 2.18. The number of aryl methyl sites for hydroxylation is 1. The molecular weight excluding hydrogens is 184 g/mol. The average molecular weight is 204 g/mol.